The number of carbonyl (C=O) groups excluding carboxylic acids is 2. The standard InChI is InChI=1S/C22H21F3N2O4/c1-14-9-17(15(2)27(14)7-8-30-3)10-18(12-26)21(29)31-13-20(28)16-5-4-6-19(11-16)22(23,24)25/h4-6,9-11H,7-8,13H2,1-3H3/b18-10+. The fourth-order valence-corrected chi connectivity index (χ4v) is 2.95. The average Bonchev–Trinajstić information content (AvgIpc) is 3.00. The molecule has 9 heteroatoms. The second-order valence-corrected chi connectivity index (χ2v) is 6.72. The van der Waals surface area contributed by atoms with E-state index < -0.39 is 30.1 Å². The number of nitriles is 1. The number of carbonyl (C=O) groups is 2. The summed E-state index contributed by atoms with van der Waals surface area (Å²) in [4.78, 5) is 24.4. The number of Topliss-reactive ketones (excluding diaryl/α,β-unsaturated/α-hetero) is 1. The highest BCUT2D eigenvalue weighted by atomic mass is 19.4. The number of benzene rings is 1. The van der Waals surface area contributed by atoms with E-state index >= 15 is 0 Å². The molecule has 6 nitrogen and oxygen atoms in total. The number of alkyl halides is 3. The first-order chi connectivity index (χ1) is 14.6. The van der Waals surface area contributed by atoms with Crippen molar-refractivity contribution in [3.63, 3.8) is 0 Å². The molecule has 1 heterocycles. The number of hydrogen-bond donors (Lipinski definition) is 0. The van der Waals surface area contributed by atoms with Crippen molar-refractivity contribution < 1.29 is 32.2 Å². The summed E-state index contributed by atoms with van der Waals surface area (Å²) in [5.41, 5.74) is 0.800. The van der Waals surface area contributed by atoms with Gasteiger partial charge in [-0.3, -0.25) is 4.79 Å². The van der Waals surface area contributed by atoms with Crippen LogP contribution in [0, 0.1) is 25.2 Å². The summed E-state index contributed by atoms with van der Waals surface area (Å²) < 4.78 is 50.3. The van der Waals surface area contributed by atoms with E-state index in [0.717, 1.165) is 23.5 Å². The van der Waals surface area contributed by atoms with Gasteiger partial charge in [0, 0.05) is 30.6 Å². The molecular weight excluding hydrogens is 413 g/mol. The van der Waals surface area contributed by atoms with Crippen molar-refractivity contribution in [3.8, 4) is 6.07 Å². The van der Waals surface area contributed by atoms with Crippen molar-refractivity contribution >= 4 is 17.8 Å². The monoisotopic (exact) mass is 434 g/mol. The van der Waals surface area contributed by atoms with E-state index in [-0.39, 0.29) is 11.1 Å². The van der Waals surface area contributed by atoms with Crippen LogP contribution in [-0.4, -0.2) is 36.6 Å². The van der Waals surface area contributed by atoms with E-state index in [0.29, 0.717) is 24.8 Å². The summed E-state index contributed by atoms with van der Waals surface area (Å²) in [6.45, 7) is 4.00. The first-order valence-electron chi connectivity index (χ1n) is 9.23. The lowest BCUT2D eigenvalue weighted by Crippen LogP contribution is -2.16. The van der Waals surface area contributed by atoms with E-state index in [4.69, 9.17) is 9.47 Å². The van der Waals surface area contributed by atoms with Crippen LogP contribution in [0.25, 0.3) is 6.08 Å². The van der Waals surface area contributed by atoms with Gasteiger partial charge >= 0.3 is 12.1 Å². The van der Waals surface area contributed by atoms with Gasteiger partial charge in [0.2, 0.25) is 0 Å². The van der Waals surface area contributed by atoms with E-state index in [1.165, 1.54) is 12.1 Å². The van der Waals surface area contributed by atoms with Crippen LogP contribution in [0.3, 0.4) is 0 Å². The van der Waals surface area contributed by atoms with Crippen LogP contribution in [0.15, 0.2) is 35.9 Å². The summed E-state index contributed by atoms with van der Waals surface area (Å²) >= 11 is 0. The summed E-state index contributed by atoms with van der Waals surface area (Å²) in [6.07, 6.45) is -3.25. The van der Waals surface area contributed by atoms with Gasteiger partial charge in [-0.1, -0.05) is 12.1 Å². The molecule has 0 amide bonds. The molecule has 0 aliphatic rings. The fourth-order valence-electron chi connectivity index (χ4n) is 2.95. The highest BCUT2D eigenvalue weighted by Crippen LogP contribution is 2.29. The fraction of sp³-hybridized carbons (Fsp3) is 0.318. The minimum absolute atomic E-state index is 0.244. The van der Waals surface area contributed by atoms with Crippen molar-refractivity contribution in [1.29, 1.82) is 5.26 Å². The van der Waals surface area contributed by atoms with Gasteiger partial charge in [0.25, 0.3) is 0 Å². The minimum atomic E-state index is -4.60. The molecule has 2 aromatic rings. The van der Waals surface area contributed by atoms with Crippen LogP contribution < -0.4 is 0 Å². The average molecular weight is 434 g/mol. The maximum atomic E-state index is 12.8. The van der Waals surface area contributed by atoms with Crippen molar-refractivity contribution in [2.24, 2.45) is 0 Å². The predicted octanol–water partition coefficient (Wildman–Crippen LogP) is 4.10. The third-order valence-corrected chi connectivity index (χ3v) is 4.62. The lowest BCUT2D eigenvalue weighted by molar-refractivity contribution is -0.138. The van der Waals surface area contributed by atoms with Crippen molar-refractivity contribution in [1.82, 2.24) is 4.57 Å². The topological polar surface area (TPSA) is 81.3 Å². The molecule has 0 saturated carbocycles. The predicted molar refractivity (Wildman–Crippen MR) is 106 cm³/mol. The Morgan fingerprint density at radius 3 is 2.55 bits per heavy atom. The zero-order chi connectivity index (χ0) is 23.2. The molecule has 0 atom stereocenters. The lowest BCUT2D eigenvalue weighted by atomic mass is 10.1. The highest BCUT2D eigenvalue weighted by molar-refractivity contribution is 6.02. The number of rotatable bonds is 8. The van der Waals surface area contributed by atoms with Crippen molar-refractivity contribution in [2.45, 2.75) is 26.6 Å². The van der Waals surface area contributed by atoms with E-state index in [2.05, 4.69) is 0 Å². The minimum Gasteiger partial charge on any atom is -0.453 e. The molecule has 0 aliphatic carbocycles. The summed E-state index contributed by atoms with van der Waals surface area (Å²) in [6, 6.07) is 7.34. The van der Waals surface area contributed by atoms with Gasteiger partial charge < -0.3 is 14.0 Å². The molecule has 1 aromatic carbocycles. The van der Waals surface area contributed by atoms with E-state index in [1.807, 2.05) is 18.4 Å². The quantitative estimate of drug-likeness (QED) is 0.270. The Bertz CT molecular complexity index is 1050. The van der Waals surface area contributed by atoms with Crippen LogP contribution in [0.1, 0.15) is 32.9 Å². The number of ether oxygens (including phenoxy) is 2. The molecule has 0 N–H and O–H groups in total. The Morgan fingerprint density at radius 2 is 1.94 bits per heavy atom. The molecular formula is C22H21F3N2O4. The molecule has 0 radical (unpaired) electrons. The summed E-state index contributed by atoms with van der Waals surface area (Å²) in [5.74, 6) is -1.85. The normalized spacial score (nSPS) is 11.8. The number of ketones is 1. The number of nitrogens with zero attached hydrogens (tertiary/aromatic N) is 2. The number of halogens is 3. The summed E-state index contributed by atoms with van der Waals surface area (Å²) in [5, 5.41) is 9.32. The lowest BCUT2D eigenvalue weighted by Gasteiger charge is -2.09. The zero-order valence-corrected chi connectivity index (χ0v) is 17.2. The molecule has 0 saturated heterocycles. The highest BCUT2D eigenvalue weighted by Gasteiger charge is 2.31. The molecule has 164 valence electrons. The SMILES string of the molecule is COCCn1c(C)cc(/C=C(\C#N)C(=O)OCC(=O)c2cccc(C(F)(F)F)c2)c1C. The van der Waals surface area contributed by atoms with Crippen LogP contribution >= 0.6 is 0 Å². The maximum absolute atomic E-state index is 12.8. The molecule has 0 spiro atoms. The number of hydrogen-bond acceptors (Lipinski definition) is 5. The van der Waals surface area contributed by atoms with Gasteiger partial charge in [0.1, 0.15) is 11.6 Å². The second kappa shape index (κ2) is 10.1. The number of esters is 1. The molecule has 0 unspecified atom stereocenters. The van der Waals surface area contributed by atoms with Gasteiger partial charge in [-0.2, -0.15) is 18.4 Å². The van der Waals surface area contributed by atoms with E-state index in [9.17, 15) is 28.0 Å². The molecule has 31 heavy (non-hydrogen) atoms. The molecule has 0 fully saturated rings. The number of aryl methyl sites for hydroxylation is 1. The zero-order valence-electron chi connectivity index (χ0n) is 17.2. The Hall–Kier alpha value is -3.38. The Kier molecular flexibility index (Phi) is 7.78. The van der Waals surface area contributed by atoms with Gasteiger partial charge in [-0.25, -0.2) is 4.79 Å². The molecule has 0 aliphatic heterocycles. The number of aromatic nitrogens is 1. The smallest absolute Gasteiger partial charge is 0.416 e. The Labute approximate surface area is 177 Å². The van der Waals surface area contributed by atoms with Crippen molar-refractivity contribution in [3.05, 3.63) is 64.0 Å². The number of methoxy groups -OCH3 is 1. The first-order valence-corrected chi connectivity index (χ1v) is 9.23. The Balaban J connectivity index is 2.12. The van der Waals surface area contributed by atoms with Gasteiger partial charge in [0.05, 0.1) is 12.2 Å². The molecule has 2 rings (SSSR count). The maximum Gasteiger partial charge on any atom is 0.416 e. The third-order valence-electron chi connectivity index (χ3n) is 4.62. The van der Waals surface area contributed by atoms with Crippen LogP contribution in [-0.2, 0) is 27.0 Å². The van der Waals surface area contributed by atoms with Crippen LogP contribution in [0.2, 0.25) is 0 Å². The first kappa shape index (κ1) is 23.9. The van der Waals surface area contributed by atoms with Gasteiger partial charge in [-0.15, -0.1) is 0 Å². The third kappa shape index (κ3) is 6.06. The largest absolute Gasteiger partial charge is 0.453 e. The van der Waals surface area contributed by atoms with Gasteiger partial charge in [0.15, 0.2) is 12.4 Å². The second-order valence-electron chi connectivity index (χ2n) is 6.72. The van der Waals surface area contributed by atoms with E-state index in [1.54, 1.807) is 19.2 Å². The summed E-state index contributed by atoms with van der Waals surface area (Å²) in [7, 11) is 1.58. The van der Waals surface area contributed by atoms with Gasteiger partial charge in [-0.05, 0) is 43.7 Å². The van der Waals surface area contributed by atoms with Crippen LogP contribution in [0.5, 0.6) is 0 Å². The molecule has 0 bridgehead atoms. The van der Waals surface area contributed by atoms with Crippen molar-refractivity contribution in [2.75, 3.05) is 20.3 Å². The Morgan fingerprint density at radius 1 is 1.23 bits per heavy atom. The van der Waals surface area contributed by atoms with Crippen LogP contribution in [0.4, 0.5) is 13.2 Å². The molecule has 1 aromatic heterocycles.